The fraction of sp³-hybridized carbons (Fsp3) is 0.323. The van der Waals surface area contributed by atoms with Gasteiger partial charge in [-0.1, -0.05) is 54.6 Å². The number of alkyl halides is 2. The number of anilines is 2. The van der Waals surface area contributed by atoms with Crippen molar-refractivity contribution in [2.45, 2.75) is 0 Å². The van der Waals surface area contributed by atoms with Crippen LogP contribution < -0.4 is 11.1 Å². The van der Waals surface area contributed by atoms with E-state index in [2.05, 4.69) is 5.32 Å². The summed E-state index contributed by atoms with van der Waals surface area (Å²) >= 11 is 14.5. The average Bonchev–Trinajstić information content (AvgIpc) is 2.90. The summed E-state index contributed by atoms with van der Waals surface area (Å²) in [6.45, 7) is 2.19. The first-order valence-electron chi connectivity index (χ1n) is 12.9. The number of allylic oxidation sites excluding steroid dienone is 1. The zero-order valence-electron chi connectivity index (χ0n) is 26.6. The normalized spacial score (nSPS) is 9.78. The van der Waals surface area contributed by atoms with E-state index in [4.69, 9.17) is 45.6 Å². The zero-order chi connectivity index (χ0) is 33.5. The van der Waals surface area contributed by atoms with Gasteiger partial charge in [0.2, 0.25) is 11.1 Å². The van der Waals surface area contributed by atoms with E-state index in [9.17, 15) is 14.4 Å². The van der Waals surface area contributed by atoms with Crippen molar-refractivity contribution < 1.29 is 19.5 Å². The first-order valence-corrected chi connectivity index (χ1v) is 14.3. The van der Waals surface area contributed by atoms with Gasteiger partial charge in [-0.2, -0.15) is 0 Å². The summed E-state index contributed by atoms with van der Waals surface area (Å²) in [6.07, 6.45) is 9.19. The topological polar surface area (TPSA) is 119 Å². The molecule has 2 rings (SSSR count). The predicted octanol–water partition coefficient (Wildman–Crippen LogP) is 6.34. The lowest BCUT2D eigenvalue weighted by Gasteiger charge is -2.04. The maximum Gasteiger partial charge on any atom is 0.328 e. The van der Waals surface area contributed by atoms with Crippen molar-refractivity contribution >= 4 is 88.1 Å². The number of nitrogens with two attached hydrogens (primary N) is 1. The lowest BCUT2D eigenvalue weighted by molar-refractivity contribution is -0.131. The number of aliphatic carboxylic acids is 1. The van der Waals surface area contributed by atoms with Crippen molar-refractivity contribution in [1.29, 1.82) is 0 Å². The summed E-state index contributed by atoms with van der Waals surface area (Å²) in [5.74, 6) is -0.986. The number of carbonyl (C=O) groups is 3. The van der Waals surface area contributed by atoms with Gasteiger partial charge < -0.3 is 30.9 Å². The quantitative estimate of drug-likeness (QED) is 0.112. The Morgan fingerprint density at radius 3 is 1.38 bits per heavy atom. The lowest BCUT2D eigenvalue weighted by atomic mass is 10.3. The Balaban J connectivity index is -0.000000157. The number of nitrogens with one attached hydrogen (secondary N) is 1. The smallest absolute Gasteiger partial charge is 0.328 e. The average molecular weight is 732 g/mol. The summed E-state index contributed by atoms with van der Waals surface area (Å²) in [4.78, 5) is 37.2. The van der Waals surface area contributed by atoms with E-state index in [-0.39, 0.29) is 36.1 Å². The SMILES string of the molecule is CN(C)C/C=C/C(=O)Cl.CN(C)C/C=C/C(=O)Nc1ccccc1.CN(C)C/C=C/C(=O)O.Cl.Cl.ClCCl.Nc1ccccc1. The molecule has 1 amide bonds. The summed E-state index contributed by atoms with van der Waals surface area (Å²) in [5, 5.41) is 10.7. The van der Waals surface area contributed by atoms with Gasteiger partial charge in [-0.05, 0) is 84.2 Å². The van der Waals surface area contributed by atoms with E-state index in [1.807, 2.05) is 124 Å². The molecule has 45 heavy (non-hydrogen) atoms. The van der Waals surface area contributed by atoms with E-state index in [0.717, 1.165) is 30.5 Å². The molecule has 0 saturated carbocycles. The summed E-state index contributed by atoms with van der Waals surface area (Å²) < 4.78 is 0. The molecule has 2 aromatic rings. The highest BCUT2D eigenvalue weighted by molar-refractivity contribution is 6.66. The van der Waals surface area contributed by atoms with Gasteiger partial charge in [0.25, 0.3) is 0 Å². The van der Waals surface area contributed by atoms with Gasteiger partial charge in [-0.25, -0.2) is 4.79 Å². The van der Waals surface area contributed by atoms with Gasteiger partial charge in [-0.15, -0.1) is 48.0 Å². The van der Waals surface area contributed by atoms with Gasteiger partial charge in [0.05, 0.1) is 5.34 Å². The molecule has 0 aliphatic carbocycles. The van der Waals surface area contributed by atoms with Crippen LogP contribution in [0.25, 0.3) is 0 Å². The Kier molecular flexibility index (Phi) is 43.4. The van der Waals surface area contributed by atoms with E-state index >= 15 is 0 Å². The van der Waals surface area contributed by atoms with E-state index < -0.39 is 11.2 Å². The Labute approximate surface area is 296 Å². The van der Waals surface area contributed by atoms with Crippen LogP contribution in [0, 0.1) is 0 Å². The van der Waals surface area contributed by atoms with Crippen LogP contribution in [0.1, 0.15) is 0 Å². The highest BCUT2D eigenvalue weighted by Gasteiger charge is 1.95. The fourth-order valence-electron chi connectivity index (χ4n) is 2.25. The van der Waals surface area contributed by atoms with Crippen molar-refractivity contribution in [1.82, 2.24) is 14.7 Å². The van der Waals surface area contributed by atoms with E-state index in [1.54, 1.807) is 18.2 Å². The number of para-hydroxylation sites is 2. The number of likely N-dealkylation sites (N-methyl/N-ethyl adjacent to an activating group) is 3. The second kappa shape index (κ2) is 37.6. The number of amides is 1. The fourth-order valence-corrected chi connectivity index (χ4v) is 2.34. The van der Waals surface area contributed by atoms with Crippen molar-refractivity contribution in [2.75, 3.05) is 78.3 Å². The highest BCUT2D eigenvalue weighted by atomic mass is 35.5. The molecule has 0 fully saturated rings. The molecule has 0 atom stereocenters. The van der Waals surface area contributed by atoms with Crippen LogP contribution >= 0.6 is 59.6 Å². The van der Waals surface area contributed by atoms with E-state index in [1.165, 1.54) is 6.08 Å². The molecule has 256 valence electrons. The Morgan fingerprint density at radius 2 is 1.07 bits per heavy atom. The van der Waals surface area contributed by atoms with Crippen molar-refractivity contribution in [3.63, 3.8) is 0 Å². The van der Waals surface area contributed by atoms with Crippen LogP contribution in [0.5, 0.6) is 0 Å². The molecule has 2 aromatic carbocycles. The third-order valence-electron chi connectivity index (χ3n) is 4.03. The molecule has 0 aromatic heterocycles. The molecule has 0 unspecified atom stereocenters. The van der Waals surface area contributed by atoms with Gasteiger partial charge in [0.1, 0.15) is 0 Å². The molecule has 0 spiro atoms. The molecule has 0 aliphatic rings. The van der Waals surface area contributed by atoms with Crippen molar-refractivity contribution in [3.8, 4) is 0 Å². The lowest BCUT2D eigenvalue weighted by Crippen LogP contribution is -2.12. The van der Waals surface area contributed by atoms with Crippen LogP contribution in [0.3, 0.4) is 0 Å². The first kappa shape index (κ1) is 52.0. The number of rotatable bonds is 10. The van der Waals surface area contributed by atoms with Crippen LogP contribution in [0.2, 0.25) is 0 Å². The Morgan fingerprint density at radius 1 is 0.711 bits per heavy atom. The standard InChI is InChI=1S/C12H16N2O.C6H10ClNO.C6H11NO2.C6H7N.CH2Cl2.2ClH/c1-14(2)10-6-9-12(15)13-11-7-4-3-5-8-11;1-8(2)5-3-4-6(7)9;1-7(2)5-3-4-6(8)9;7-6-4-2-1-3-5-6;2-1-3;;/h3-9H,10H2,1-2H3,(H,13,15);3-4H,5H2,1-2H3;3-4H,5H2,1-2H3,(H,8,9);1-5H,7H2;1H2;2*1H/b9-6+;2*4-3+;;;;. The number of carboxylic acids is 1. The van der Waals surface area contributed by atoms with Crippen LogP contribution in [-0.4, -0.2) is 104 Å². The third-order valence-corrected chi connectivity index (χ3v) is 4.16. The number of carboxylic acid groups (broad SMARTS) is 1. The zero-order valence-corrected chi connectivity index (χ0v) is 30.5. The molecule has 9 nitrogen and oxygen atoms in total. The number of benzene rings is 2. The van der Waals surface area contributed by atoms with Gasteiger partial charge in [0.15, 0.2) is 0 Å². The molecule has 0 bridgehead atoms. The maximum atomic E-state index is 11.4. The summed E-state index contributed by atoms with van der Waals surface area (Å²) in [7, 11) is 11.5. The second-order valence-electron chi connectivity index (χ2n) is 9.00. The van der Waals surface area contributed by atoms with Crippen molar-refractivity contribution in [3.05, 3.63) is 97.1 Å². The van der Waals surface area contributed by atoms with Crippen LogP contribution in [0.15, 0.2) is 97.1 Å². The number of nitrogen functional groups attached to an aromatic ring is 1. The minimum Gasteiger partial charge on any atom is -0.478 e. The number of hydrogen-bond acceptors (Lipinski definition) is 7. The molecular formula is C31H48Cl5N5O4. The highest BCUT2D eigenvalue weighted by Crippen LogP contribution is 2.04. The third kappa shape index (κ3) is 51.3. The molecule has 0 radical (unpaired) electrons. The molecule has 14 heteroatoms. The maximum absolute atomic E-state index is 11.4. The number of hydrogen-bond donors (Lipinski definition) is 3. The number of halogens is 5. The van der Waals surface area contributed by atoms with Crippen LogP contribution in [-0.2, 0) is 14.4 Å². The van der Waals surface area contributed by atoms with Crippen molar-refractivity contribution in [2.24, 2.45) is 0 Å². The van der Waals surface area contributed by atoms with Gasteiger partial charge in [-0.3, -0.25) is 9.59 Å². The molecule has 4 N–H and O–H groups in total. The monoisotopic (exact) mass is 729 g/mol. The van der Waals surface area contributed by atoms with Gasteiger partial charge >= 0.3 is 5.97 Å². The minimum absolute atomic E-state index is 0. The Hall–Kier alpha value is -2.60. The number of nitrogens with zero attached hydrogens (tertiary/aromatic N) is 3. The largest absolute Gasteiger partial charge is 0.478 e. The van der Waals surface area contributed by atoms with Crippen LogP contribution in [0.4, 0.5) is 11.4 Å². The second-order valence-corrected chi connectivity index (χ2v) is 10.2. The molecule has 0 saturated heterocycles. The van der Waals surface area contributed by atoms with E-state index in [0.29, 0.717) is 6.54 Å². The summed E-state index contributed by atoms with van der Waals surface area (Å²) in [6, 6.07) is 18.9. The molecule has 0 heterocycles. The number of carbonyl (C=O) groups excluding carboxylic acids is 2. The summed E-state index contributed by atoms with van der Waals surface area (Å²) in [5.41, 5.74) is 7.00. The Bertz CT molecular complexity index is 1030. The van der Waals surface area contributed by atoms with Gasteiger partial charge in [0, 0.05) is 43.2 Å². The minimum atomic E-state index is -0.892. The molecule has 0 aliphatic heterocycles. The predicted molar refractivity (Wildman–Crippen MR) is 199 cm³/mol. The first-order chi connectivity index (χ1) is 20.2. The molecular weight excluding hydrogens is 684 g/mol.